The Hall–Kier alpha value is -2.70. The molecule has 47 heavy (non-hydrogen) atoms. The number of benzene rings is 2. The Kier molecular flexibility index (Phi) is 11.2. The van der Waals surface area contributed by atoms with E-state index in [2.05, 4.69) is 123 Å². The van der Waals surface area contributed by atoms with Crippen LogP contribution in [0.1, 0.15) is 37.1 Å². The molecule has 2 heterocycles. The van der Waals surface area contributed by atoms with E-state index in [4.69, 9.17) is 19.3 Å². The second kappa shape index (κ2) is 14.8. The number of anilines is 1. The predicted molar refractivity (Wildman–Crippen MR) is 202 cm³/mol. The van der Waals surface area contributed by atoms with E-state index >= 15 is 0 Å². The molecule has 0 fully saturated rings. The molecule has 7 nitrogen and oxygen atoms in total. The van der Waals surface area contributed by atoms with E-state index in [9.17, 15) is 0 Å². The summed E-state index contributed by atoms with van der Waals surface area (Å²) in [4.78, 5) is 2.17. The lowest BCUT2D eigenvalue weighted by Gasteiger charge is -2.30. The number of rotatable bonds is 16. The van der Waals surface area contributed by atoms with E-state index in [1.807, 2.05) is 6.07 Å². The second-order valence-electron chi connectivity index (χ2n) is 16.7. The smallest absolute Gasteiger partial charge is 0.139 e. The van der Waals surface area contributed by atoms with Crippen molar-refractivity contribution in [2.75, 3.05) is 31.9 Å². The molecule has 0 aliphatic heterocycles. The van der Waals surface area contributed by atoms with E-state index in [0.29, 0.717) is 26.8 Å². The van der Waals surface area contributed by atoms with Gasteiger partial charge in [0.05, 0.1) is 17.8 Å². The highest BCUT2D eigenvalue weighted by Gasteiger charge is 2.32. The molecule has 0 radical (unpaired) electrons. The summed E-state index contributed by atoms with van der Waals surface area (Å²) in [6, 6.07) is 21.6. The van der Waals surface area contributed by atoms with Crippen LogP contribution in [0, 0.1) is 5.41 Å². The van der Waals surface area contributed by atoms with Crippen molar-refractivity contribution in [3.05, 3.63) is 71.4 Å². The van der Waals surface area contributed by atoms with Crippen LogP contribution in [-0.2, 0) is 47.1 Å². The topological polar surface area (TPSA) is 53.7 Å². The molecular weight excluding hydrogens is 617 g/mol. The van der Waals surface area contributed by atoms with Gasteiger partial charge < -0.3 is 23.7 Å². The van der Waals surface area contributed by atoms with Gasteiger partial charge in [-0.2, -0.15) is 5.10 Å². The number of ether oxygens (including phenoxy) is 3. The van der Waals surface area contributed by atoms with E-state index < -0.39 is 16.1 Å². The molecule has 0 unspecified atom stereocenters. The van der Waals surface area contributed by atoms with Crippen molar-refractivity contribution in [2.45, 2.75) is 105 Å². The Morgan fingerprint density at radius 1 is 0.851 bits per heavy atom. The highest BCUT2D eigenvalue weighted by molar-refractivity contribution is 6.76. The Morgan fingerprint density at radius 2 is 1.53 bits per heavy atom. The van der Waals surface area contributed by atoms with Crippen molar-refractivity contribution in [3.8, 4) is 11.4 Å². The minimum absolute atomic E-state index is 0.245. The van der Waals surface area contributed by atoms with Crippen molar-refractivity contribution in [2.24, 2.45) is 5.41 Å². The zero-order chi connectivity index (χ0) is 33.8. The quantitative estimate of drug-likeness (QED) is 0.0674. The molecule has 4 aromatic rings. The van der Waals surface area contributed by atoms with Gasteiger partial charge in [0.2, 0.25) is 0 Å². The third kappa shape index (κ3) is 9.69. The summed E-state index contributed by atoms with van der Waals surface area (Å²) < 4.78 is 23.3. The lowest BCUT2D eigenvalue weighted by Crippen LogP contribution is -2.25. The maximum atomic E-state index is 6.44. The third-order valence-electron chi connectivity index (χ3n) is 9.26. The van der Waals surface area contributed by atoms with E-state index in [-0.39, 0.29) is 5.41 Å². The average Bonchev–Trinajstić information content (AvgIpc) is 3.53. The van der Waals surface area contributed by atoms with Crippen molar-refractivity contribution in [3.63, 3.8) is 0 Å². The molecule has 0 spiro atoms. The normalized spacial score (nSPS) is 14.9. The first-order chi connectivity index (χ1) is 22.2. The van der Waals surface area contributed by atoms with Crippen LogP contribution in [0.25, 0.3) is 22.3 Å². The van der Waals surface area contributed by atoms with Gasteiger partial charge in [0.1, 0.15) is 25.9 Å². The lowest BCUT2D eigenvalue weighted by atomic mass is 9.76. The molecule has 9 heteroatoms. The molecule has 5 rings (SSSR count). The zero-order valence-corrected chi connectivity index (χ0v) is 32.5. The van der Waals surface area contributed by atoms with Crippen molar-refractivity contribution < 1.29 is 14.2 Å². The van der Waals surface area contributed by atoms with Gasteiger partial charge in [-0.25, -0.2) is 4.68 Å². The fourth-order valence-electron chi connectivity index (χ4n) is 6.14. The van der Waals surface area contributed by atoms with Crippen LogP contribution in [0.5, 0.6) is 0 Å². The zero-order valence-electron chi connectivity index (χ0n) is 30.5. The molecule has 2 aromatic carbocycles. The minimum Gasteiger partial charge on any atom is -0.361 e. The minimum atomic E-state index is -1.21. The van der Waals surface area contributed by atoms with Gasteiger partial charge in [0.25, 0.3) is 0 Å². The fourth-order valence-corrected chi connectivity index (χ4v) is 7.65. The Bertz CT molecular complexity index is 1620. The second-order valence-corrected chi connectivity index (χ2v) is 27.9. The van der Waals surface area contributed by atoms with Crippen LogP contribution in [-0.4, -0.2) is 57.5 Å². The first kappa shape index (κ1) is 35.6. The predicted octanol–water partition coefficient (Wildman–Crippen LogP) is 9.25. The van der Waals surface area contributed by atoms with E-state index in [1.54, 1.807) is 0 Å². The SMILES string of the molecule is CN(COCc1ccccc1)c1ccc2cc(-c3nn(COCC[Si](C)(C)C)c4c3CCC(C)(C)C4)n(COCC[Si](C)(C)C)c2c1. The van der Waals surface area contributed by atoms with E-state index in [0.717, 1.165) is 67.2 Å². The van der Waals surface area contributed by atoms with Gasteiger partial charge in [-0.1, -0.05) is 89.5 Å². The number of hydrogen-bond acceptors (Lipinski definition) is 5. The molecule has 0 amide bonds. The molecule has 1 aliphatic rings. The van der Waals surface area contributed by atoms with Gasteiger partial charge in [0, 0.05) is 58.7 Å². The Balaban J connectivity index is 1.46. The fraction of sp³-hybridized carbons (Fsp3) is 0.553. The number of hydrogen-bond donors (Lipinski definition) is 0. The summed E-state index contributed by atoms with van der Waals surface area (Å²) in [6.45, 7) is 22.8. The third-order valence-corrected chi connectivity index (χ3v) is 12.7. The lowest BCUT2D eigenvalue weighted by molar-refractivity contribution is 0.0747. The molecule has 0 atom stereocenters. The van der Waals surface area contributed by atoms with E-state index in [1.165, 1.54) is 22.2 Å². The van der Waals surface area contributed by atoms with Crippen LogP contribution in [0.3, 0.4) is 0 Å². The van der Waals surface area contributed by atoms with Crippen molar-refractivity contribution >= 4 is 32.7 Å². The van der Waals surface area contributed by atoms with Gasteiger partial charge >= 0.3 is 0 Å². The molecule has 0 saturated heterocycles. The molecule has 1 aliphatic carbocycles. The van der Waals surface area contributed by atoms with Gasteiger partial charge in [0.15, 0.2) is 0 Å². The summed E-state index contributed by atoms with van der Waals surface area (Å²) in [7, 11) is -0.288. The van der Waals surface area contributed by atoms with Crippen molar-refractivity contribution in [1.29, 1.82) is 0 Å². The first-order valence-corrected chi connectivity index (χ1v) is 24.8. The molecule has 2 aromatic heterocycles. The van der Waals surface area contributed by atoms with Crippen LogP contribution in [0.2, 0.25) is 51.4 Å². The van der Waals surface area contributed by atoms with Gasteiger partial charge in [-0.15, -0.1) is 0 Å². The number of nitrogens with zero attached hydrogens (tertiary/aromatic N) is 4. The first-order valence-electron chi connectivity index (χ1n) is 17.4. The maximum Gasteiger partial charge on any atom is 0.139 e. The van der Waals surface area contributed by atoms with Gasteiger partial charge in [-0.3, -0.25) is 0 Å². The molecule has 0 saturated carbocycles. The molecular formula is C38H58N4O3Si2. The highest BCUT2D eigenvalue weighted by atomic mass is 28.3. The summed E-state index contributed by atoms with van der Waals surface area (Å²) in [5.74, 6) is 0. The van der Waals surface area contributed by atoms with Crippen LogP contribution in [0.4, 0.5) is 5.69 Å². The Labute approximate surface area is 285 Å². The summed E-state index contributed by atoms with van der Waals surface area (Å²) in [5.41, 5.74) is 8.61. The largest absolute Gasteiger partial charge is 0.361 e. The molecule has 256 valence electrons. The van der Waals surface area contributed by atoms with Crippen LogP contribution in [0.15, 0.2) is 54.6 Å². The molecule has 0 bridgehead atoms. The summed E-state index contributed by atoms with van der Waals surface area (Å²) in [5, 5.41) is 6.51. The van der Waals surface area contributed by atoms with Crippen LogP contribution >= 0.6 is 0 Å². The van der Waals surface area contributed by atoms with Gasteiger partial charge in [-0.05, 0) is 60.5 Å². The number of fused-ring (bicyclic) bond motifs is 2. The highest BCUT2D eigenvalue weighted by Crippen LogP contribution is 2.41. The van der Waals surface area contributed by atoms with Crippen LogP contribution < -0.4 is 4.90 Å². The molecule has 0 N–H and O–H groups in total. The standard InChI is InChI=1S/C38H58N4O3Si2/c1-38(2)18-17-33-36(25-38)42(29-44-20-22-47(7,8)9)39-37(33)35-23-31-15-16-32(40(3)27-45-26-30-13-11-10-12-14-30)24-34(31)41(35)28-43-19-21-46(4,5)6/h10-16,23-24H,17-22,25-29H2,1-9H3. The average molecular weight is 675 g/mol. The van der Waals surface area contributed by atoms with Crippen molar-refractivity contribution in [1.82, 2.24) is 14.3 Å². The maximum absolute atomic E-state index is 6.44. The summed E-state index contributed by atoms with van der Waals surface area (Å²) in [6.07, 6.45) is 3.19. The Morgan fingerprint density at radius 3 is 2.21 bits per heavy atom. The monoisotopic (exact) mass is 674 g/mol. The number of aromatic nitrogens is 3. The summed E-state index contributed by atoms with van der Waals surface area (Å²) >= 11 is 0.